The molecule has 35 heavy (non-hydrogen) atoms. The molecule has 0 amide bonds. The number of halogens is 3. The summed E-state index contributed by atoms with van der Waals surface area (Å²) in [6.07, 6.45) is 4.31. The van der Waals surface area contributed by atoms with Gasteiger partial charge >= 0.3 is 12.1 Å². The van der Waals surface area contributed by atoms with Crippen molar-refractivity contribution in [1.29, 1.82) is 0 Å². The summed E-state index contributed by atoms with van der Waals surface area (Å²) >= 11 is 1.66. The molecule has 0 radical (unpaired) electrons. The van der Waals surface area contributed by atoms with Crippen LogP contribution in [0.5, 0.6) is 5.75 Å². The van der Waals surface area contributed by atoms with Crippen LogP contribution < -0.4 is 15.4 Å². The zero-order valence-electron chi connectivity index (χ0n) is 19.6. The molecule has 2 aromatic rings. The number of anilines is 2. The summed E-state index contributed by atoms with van der Waals surface area (Å²) in [4.78, 5) is 19.3. The average molecular weight is 513 g/mol. The Bertz CT molecular complexity index is 952. The van der Waals surface area contributed by atoms with Crippen molar-refractivity contribution in [2.75, 3.05) is 35.8 Å². The normalized spacial score (nSPS) is 18.2. The van der Waals surface area contributed by atoms with E-state index >= 15 is 0 Å². The minimum atomic E-state index is -4.44. The quantitative estimate of drug-likeness (QED) is 0.319. The Morgan fingerprint density at radius 1 is 1.14 bits per heavy atom. The summed E-state index contributed by atoms with van der Waals surface area (Å²) in [7, 11) is 0. The van der Waals surface area contributed by atoms with Crippen molar-refractivity contribution in [1.82, 2.24) is 9.97 Å². The molecule has 1 heterocycles. The molecule has 1 aromatic heterocycles. The number of carbonyl (C=O) groups is 1. The number of thioether (sulfide) groups is 1. The van der Waals surface area contributed by atoms with Crippen LogP contribution in [0.25, 0.3) is 0 Å². The fourth-order valence-corrected chi connectivity index (χ4v) is 4.38. The van der Waals surface area contributed by atoms with Crippen LogP contribution in [0, 0.1) is 11.8 Å². The zero-order chi connectivity index (χ0) is 25.3. The molecule has 1 aromatic carbocycles. The van der Waals surface area contributed by atoms with Gasteiger partial charge in [-0.2, -0.15) is 24.9 Å². The van der Waals surface area contributed by atoms with Crippen LogP contribution in [-0.4, -0.2) is 46.2 Å². The van der Waals surface area contributed by atoms with Crippen LogP contribution in [0.2, 0.25) is 0 Å². The van der Waals surface area contributed by atoms with E-state index < -0.39 is 17.7 Å². The number of benzene rings is 1. The fourth-order valence-electron chi connectivity index (χ4n) is 4.13. The highest BCUT2D eigenvalue weighted by atomic mass is 32.2. The van der Waals surface area contributed by atoms with Gasteiger partial charge in [-0.3, -0.25) is 4.79 Å². The van der Waals surface area contributed by atoms with E-state index in [1.54, 1.807) is 11.8 Å². The summed E-state index contributed by atoms with van der Waals surface area (Å²) in [6, 6.07) is 3.67. The molecule has 1 aliphatic carbocycles. The smallest absolute Gasteiger partial charge is 0.416 e. The number of ether oxygens (including phenoxy) is 1. The maximum absolute atomic E-state index is 13.3. The van der Waals surface area contributed by atoms with Gasteiger partial charge in [0.25, 0.3) is 0 Å². The molecule has 0 aliphatic heterocycles. The van der Waals surface area contributed by atoms with Crippen molar-refractivity contribution >= 4 is 29.4 Å². The van der Waals surface area contributed by atoms with Gasteiger partial charge in [0.05, 0.1) is 24.6 Å². The lowest BCUT2D eigenvalue weighted by atomic mass is 9.80. The predicted molar refractivity (Wildman–Crippen MR) is 131 cm³/mol. The summed E-state index contributed by atoms with van der Waals surface area (Å²) < 4.78 is 45.5. The molecule has 3 rings (SSSR count). The molecule has 0 atom stereocenters. The first-order valence-electron chi connectivity index (χ1n) is 11.6. The van der Waals surface area contributed by atoms with Crippen LogP contribution in [0.4, 0.5) is 24.8 Å². The highest BCUT2D eigenvalue weighted by Crippen LogP contribution is 2.34. The van der Waals surface area contributed by atoms with E-state index in [0.717, 1.165) is 43.6 Å². The summed E-state index contributed by atoms with van der Waals surface area (Å²) in [5.41, 5.74) is 0.367. The van der Waals surface area contributed by atoms with Gasteiger partial charge < -0.3 is 20.5 Å². The van der Waals surface area contributed by atoms with Gasteiger partial charge in [-0.25, -0.2) is 9.97 Å². The topological polar surface area (TPSA) is 96.4 Å². The Morgan fingerprint density at radius 2 is 1.83 bits per heavy atom. The summed E-state index contributed by atoms with van der Waals surface area (Å²) in [6.45, 7) is 1.28. The van der Waals surface area contributed by atoms with Crippen LogP contribution in [0.3, 0.4) is 0 Å². The minimum absolute atomic E-state index is 0.115. The molecule has 1 fully saturated rings. The van der Waals surface area contributed by atoms with E-state index in [1.807, 2.05) is 6.26 Å². The highest BCUT2D eigenvalue weighted by molar-refractivity contribution is 7.98. The number of aromatic nitrogens is 2. The minimum Gasteiger partial charge on any atom is -0.489 e. The largest absolute Gasteiger partial charge is 0.489 e. The lowest BCUT2D eigenvalue weighted by Crippen LogP contribution is -2.23. The predicted octanol–water partition coefficient (Wildman–Crippen LogP) is 5.54. The first kappa shape index (κ1) is 26.9. The van der Waals surface area contributed by atoms with Crippen LogP contribution >= 0.6 is 11.8 Å². The SMILES string of the molecule is CSCCOc1cnc(NCc2cc(C(F)(F)F)ccc2NCC2CCC(CC(=O)O)CC2)nc1. The number of carboxylic acid groups (broad SMARTS) is 1. The van der Waals surface area contributed by atoms with E-state index in [-0.39, 0.29) is 18.9 Å². The summed E-state index contributed by atoms with van der Waals surface area (Å²) in [5, 5.41) is 15.3. The molecule has 192 valence electrons. The van der Waals surface area contributed by atoms with Gasteiger partial charge in [-0.05, 0) is 67.5 Å². The van der Waals surface area contributed by atoms with Gasteiger partial charge in [-0.1, -0.05) is 0 Å². The van der Waals surface area contributed by atoms with Crippen molar-refractivity contribution < 1.29 is 27.8 Å². The first-order chi connectivity index (χ1) is 16.7. The average Bonchev–Trinajstić information content (AvgIpc) is 2.82. The van der Waals surface area contributed by atoms with Crippen molar-refractivity contribution in [3.05, 3.63) is 41.7 Å². The van der Waals surface area contributed by atoms with Gasteiger partial charge in [0, 0.05) is 31.0 Å². The van der Waals surface area contributed by atoms with E-state index in [9.17, 15) is 18.0 Å². The second-order valence-electron chi connectivity index (χ2n) is 8.67. The lowest BCUT2D eigenvalue weighted by Gasteiger charge is -2.28. The van der Waals surface area contributed by atoms with Crippen LogP contribution in [0.15, 0.2) is 30.6 Å². The number of nitrogens with zero attached hydrogens (tertiary/aromatic N) is 2. The number of aliphatic carboxylic acids is 1. The second-order valence-corrected chi connectivity index (χ2v) is 9.66. The summed E-state index contributed by atoms with van der Waals surface area (Å²) in [5.74, 6) is 1.46. The third-order valence-corrected chi connectivity index (χ3v) is 6.64. The number of alkyl halides is 3. The molecular weight excluding hydrogens is 481 g/mol. The molecule has 0 spiro atoms. The van der Waals surface area contributed by atoms with Crippen molar-refractivity contribution in [2.45, 2.75) is 44.8 Å². The van der Waals surface area contributed by atoms with Gasteiger partial charge in [0.2, 0.25) is 5.95 Å². The molecular formula is C24H31F3N4O3S. The number of rotatable bonds is 12. The highest BCUT2D eigenvalue weighted by Gasteiger charge is 2.31. The van der Waals surface area contributed by atoms with Crippen LogP contribution in [0.1, 0.15) is 43.2 Å². The van der Waals surface area contributed by atoms with Gasteiger partial charge in [0.15, 0.2) is 5.75 Å². The van der Waals surface area contributed by atoms with E-state index in [1.165, 1.54) is 18.5 Å². The number of carboxylic acids is 1. The fraction of sp³-hybridized carbons (Fsp3) is 0.542. The van der Waals surface area contributed by atoms with Crippen molar-refractivity contribution in [3.8, 4) is 5.75 Å². The third-order valence-electron chi connectivity index (χ3n) is 6.06. The molecule has 1 aliphatic rings. The monoisotopic (exact) mass is 512 g/mol. The van der Waals surface area contributed by atoms with E-state index in [0.29, 0.717) is 42.0 Å². The Morgan fingerprint density at radius 3 is 2.46 bits per heavy atom. The van der Waals surface area contributed by atoms with Crippen molar-refractivity contribution in [3.63, 3.8) is 0 Å². The number of hydrogen-bond acceptors (Lipinski definition) is 7. The van der Waals surface area contributed by atoms with Crippen LogP contribution in [-0.2, 0) is 17.5 Å². The number of hydrogen-bond donors (Lipinski definition) is 3. The zero-order valence-corrected chi connectivity index (χ0v) is 20.4. The first-order valence-corrected chi connectivity index (χ1v) is 13.0. The molecule has 1 saturated carbocycles. The molecule has 11 heteroatoms. The molecule has 0 unspecified atom stereocenters. The Kier molecular flexibility index (Phi) is 9.88. The number of nitrogens with one attached hydrogen (secondary N) is 2. The maximum atomic E-state index is 13.3. The maximum Gasteiger partial charge on any atom is 0.416 e. The van der Waals surface area contributed by atoms with E-state index in [4.69, 9.17) is 9.84 Å². The van der Waals surface area contributed by atoms with E-state index in [2.05, 4.69) is 20.6 Å². The van der Waals surface area contributed by atoms with Gasteiger partial charge in [0.1, 0.15) is 0 Å². The molecule has 0 bridgehead atoms. The standard InChI is InChI=1S/C24H31F3N4O3S/c1-35-9-8-34-20-14-30-23(31-15-20)29-13-18-11-19(24(25,26)27)6-7-21(18)28-12-17-4-2-16(3-5-17)10-22(32)33/h6-7,11,14-17,28H,2-5,8-10,12-13H2,1H3,(H,32,33)(H,29,30,31). The molecule has 3 N–H and O–H groups in total. The second kappa shape index (κ2) is 12.9. The third kappa shape index (κ3) is 8.79. The Labute approximate surface area is 207 Å². The molecule has 0 saturated heterocycles. The Hall–Kier alpha value is -2.69. The van der Waals surface area contributed by atoms with Crippen molar-refractivity contribution in [2.24, 2.45) is 11.8 Å². The molecule has 7 nitrogen and oxygen atoms in total. The van der Waals surface area contributed by atoms with Gasteiger partial charge in [-0.15, -0.1) is 0 Å². The Balaban J connectivity index is 1.61. The lowest BCUT2D eigenvalue weighted by molar-refractivity contribution is -0.139.